The van der Waals surface area contributed by atoms with Crippen molar-refractivity contribution >= 4 is 12.0 Å². The van der Waals surface area contributed by atoms with Gasteiger partial charge in [0.1, 0.15) is 6.04 Å². The number of hydrogen-bond acceptors (Lipinski definition) is 2. The Morgan fingerprint density at radius 1 is 1.07 bits per heavy atom. The number of carbonyl (C=O) groups is 2. The molecule has 0 aromatic carbocycles. The minimum Gasteiger partial charge on any atom is -0.480 e. The molecule has 0 rings (SSSR count). The molecule has 0 saturated heterocycles. The van der Waals surface area contributed by atoms with Crippen LogP contribution in [0.2, 0.25) is 0 Å². The predicted octanol–water partition coefficient (Wildman–Crippen LogP) is 0.803. The molecule has 0 aliphatic heterocycles. The van der Waals surface area contributed by atoms with Gasteiger partial charge in [-0.1, -0.05) is 13.8 Å². The average molecular weight is 202 g/mol. The molecule has 0 aromatic rings. The SMILES string of the molecule is CC(NC(=O)NC(C)C(C)C)C(=O)O. The van der Waals surface area contributed by atoms with Crippen LogP contribution < -0.4 is 10.6 Å². The summed E-state index contributed by atoms with van der Waals surface area (Å²) in [5.74, 6) is -0.724. The number of amides is 2. The fourth-order valence-corrected chi connectivity index (χ4v) is 0.673. The number of urea groups is 1. The Balaban J connectivity index is 3.93. The van der Waals surface area contributed by atoms with Gasteiger partial charge < -0.3 is 15.7 Å². The van der Waals surface area contributed by atoms with Gasteiger partial charge in [0, 0.05) is 6.04 Å². The summed E-state index contributed by atoms with van der Waals surface area (Å²) in [6.07, 6.45) is 0. The molecule has 0 spiro atoms. The van der Waals surface area contributed by atoms with Gasteiger partial charge in [-0.05, 0) is 19.8 Å². The molecule has 3 N–H and O–H groups in total. The van der Waals surface area contributed by atoms with E-state index in [0.717, 1.165) is 0 Å². The van der Waals surface area contributed by atoms with E-state index in [1.54, 1.807) is 0 Å². The summed E-state index contributed by atoms with van der Waals surface area (Å²) < 4.78 is 0. The number of carboxylic acid groups (broad SMARTS) is 1. The third-order valence-electron chi connectivity index (χ3n) is 2.08. The van der Waals surface area contributed by atoms with Crippen molar-refractivity contribution in [2.75, 3.05) is 0 Å². The van der Waals surface area contributed by atoms with Crippen molar-refractivity contribution in [2.45, 2.75) is 39.8 Å². The average Bonchev–Trinajstić information content (AvgIpc) is 2.03. The summed E-state index contributed by atoms with van der Waals surface area (Å²) in [6.45, 7) is 7.24. The highest BCUT2D eigenvalue weighted by atomic mass is 16.4. The Morgan fingerprint density at radius 2 is 1.57 bits per heavy atom. The van der Waals surface area contributed by atoms with Gasteiger partial charge in [-0.2, -0.15) is 0 Å². The van der Waals surface area contributed by atoms with Crippen LogP contribution >= 0.6 is 0 Å². The van der Waals surface area contributed by atoms with Gasteiger partial charge in [-0.3, -0.25) is 4.79 Å². The Morgan fingerprint density at radius 3 is 1.93 bits per heavy atom. The predicted molar refractivity (Wildman–Crippen MR) is 53.1 cm³/mol. The first kappa shape index (κ1) is 12.7. The Labute approximate surface area is 83.9 Å². The summed E-state index contributed by atoms with van der Waals surface area (Å²) in [7, 11) is 0. The summed E-state index contributed by atoms with van der Waals surface area (Å²) in [5, 5.41) is 13.5. The van der Waals surface area contributed by atoms with Crippen molar-refractivity contribution < 1.29 is 14.7 Å². The molecule has 0 saturated carbocycles. The lowest BCUT2D eigenvalue weighted by atomic mass is 10.1. The van der Waals surface area contributed by atoms with Crippen molar-refractivity contribution in [1.82, 2.24) is 10.6 Å². The first-order valence-corrected chi connectivity index (χ1v) is 4.64. The van der Waals surface area contributed by atoms with Gasteiger partial charge in [0.25, 0.3) is 0 Å². The van der Waals surface area contributed by atoms with E-state index in [9.17, 15) is 9.59 Å². The lowest BCUT2D eigenvalue weighted by molar-refractivity contribution is -0.138. The fraction of sp³-hybridized carbons (Fsp3) is 0.778. The van der Waals surface area contributed by atoms with Crippen molar-refractivity contribution in [1.29, 1.82) is 0 Å². The van der Waals surface area contributed by atoms with Crippen LogP contribution in [0.4, 0.5) is 4.79 Å². The monoisotopic (exact) mass is 202 g/mol. The zero-order chi connectivity index (χ0) is 11.3. The van der Waals surface area contributed by atoms with E-state index >= 15 is 0 Å². The Bertz CT molecular complexity index is 216. The van der Waals surface area contributed by atoms with Gasteiger partial charge in [0.2, 0.25) is 0 Å². The number of rotatable bonds is 4. The van der Waals surface area contributed by atoms with Crippen LogP contribution in [0.1, 0.15) is 27.7 Å². The molecular weight excluding hydrogens is 184 g/mol. The molecular formula is C9H18N2O3. The molecule has 2 unspecified atom stereocenters. The minimum atomic E-state index is -1.04. The maximum absolute atomic E-state index is 11.2. The van der Waals surface area contributed by atoms with E-state index in [-0.39, 0.29) is 6.04 Å². The second-order valence-electron chi connectivity index (χ2n) is 3.71. The highest BCUT2D eigenvalue weighted by Gasteiger charge is 2.16. The van der Waals surface area contributed by atoms with Crippen LogP contribution in [0.15, 0.2) is 0 Å². The largest absolute Gasteiger partial charge is 0.480 e. The standard InChI is InChI=1S/C9H18N2O3/c1-5(2)6(3)10-9(14)11-7(4)8(12)13/h5-7H,1-4H3,(H,12,13)(H2,10,11,14). The normalized spacial score (nSPS) is 14.6. The summed E-state index contributed by atoms with van der Waals surface area (Å²) in [5.41, 5.74) is 0. The summed E-state index contributed by atoms with van der Waals surface area (Å²) in [4.78, 5) is 21.6. The fourth-order valence-electron chi connectivity index (χ4n) is 0.673. The molecule has 0 radical (unpaired) electrons. The van der Waals surface area contributed by atoms with Gasteiger partial charge in [-0.25, -0.2) is 4.79 Å². The first-order chi connectivity index (χ1) is 6.34. The van der Waals surface area contributed by atoms with Crippen molar-refractivity contribution in [3.8, 4) is 0 Å². The quantitative estimate of drug-likeness (QED) is 0.631. The van der Waals surface area contributed by atoms with Crippen molar-refractivity contribution in [3.05, 3.63) is 0 Å². The lowest BCUT2D eigenvalue weighted by Gasteiger charge is -2.18. The van der Waals surface area contributed by atoms with E-state index < -0.39 is 18.0 Å². The number of carbonyl (C=O) groups excluding carboxylic acids is 1. The topological polar surface area (TPSA) is 78.4 Å². The van der Waals surface area contributed by atoms with Crippen LogP contribution in [0.5, 0.6) is 0 Å². The molecule has 5 heteroatoms. The highest BCUT2D eigenvalue weighted by molar-refractivity contribution is 5.82. The lowest BCUT2D eigenvalue weighted by Crippen LogP contribution is -2.48. The number of nitrogens with one attached hydrogen (secondary N) is 2. The maximum Gasteiger partial charge on any atom is 0.325 e. The zero-order valence-electron chi connectivity index (χ0n) is 9.00. The summed E-state index contributed by atoms with van der Waals surface area (Å²) in [6, 6.07) is -1.29. The van der Waals surface area contributed by atoms with Crippen LogP contribution in [-0.2, 0) is 4.79 Å². The third-order valence-corrected chi connectivity index (χ3v) is 2.08. The number of carboxylic acids is 1. The molecule has 0 aliphatic carbocycles. The molecule has 0 fully saturated rings. The van der Waals surface area contributed by atoms with Crippen LogP contribution in [-0.4, -0.2) is 29.2 Å². The highest BCUT2D eigenvalue weighted by Crippen LogP contribution is 1.99. The van der Waals surface area contributed by atoms with Crippen LogP contribution in [0.3, 0.4) is 0 Å². The van der Waals surface area contributed by atoms with Gasteiger partial charge in [0.15, 0.2) is 0 Å². The van der Waals surface area contributed by atoms with E-state index in [2.05, 4.69) is 10.6 Å². The molecule has 2 atom stereocenters. The van der Waals surface area contributed by atoms with E-state index in [0.29, 0.717) is 5.92 Å². The van der Waals surface area contributed by atoms with Gasteiger partial charge in [0.05, 0.1) is 0 Å². The zero-order valence-corrected chi connectivity index (χ0v) is 9.00. The van der Waals surface area contributed by atoms with Crippen LogP contribution in [0.25, 0.3) is 0 Å². The summed E-state index contributed by atoms with van der Waals surface area (Å²) >= 11 is 0. The minimum absolute atomic E-state index is 0.0241. The molecule has 0 aromatic heterocycles. The smallest absolute Gasteiger partial charge is 0.325 e. The number of hydrogen-bond donors (Lipinski definition) is 3. The number of aliphatic carboxylic acids is 1. The van der Waals surface area contributed by atoms with E-state index in [1.807, 2.05) is 20.8 Å². The molecule has 0 bridgehead atoms. The maximum atomic E-state index is 11.2. The second kappa shape index (κ2) is 5.47. The molecule has 5 nitrogen and oxygen atoms in total. The molecule has 2 amide bonds. The molecule has 14 heavy (non-hydrogen) atoms. The van der Waals surface area contributed by atoms with Crippen molar-refractivity contribution in [2.24, 2.45) is 5.92 Å². The van der Waals surface area contributed by atoms with Crippen molar-refractivity contribution in [3.63, 3.8) is 0 Å². The van der Waals surface area contributed by atoms with Crippen LogP contribution in [0, 0.1) is 5.92 Å². The molecule has 0 heterocycles. The first-order valence-electron chi connectivity index (χ1n) is 4.64. The van der Waals surface area contributed by atoms with E-state index in [1.165, 1.54) is 6.92 Å². The van der Waals surface area contributed by atoms with Gasteiger partial charge >= 0.3 is 12.0 Å². The second-order valence-corrected chi connectivity index (χ2v) is 3.71. The van der Waals surface area contributed by atoms with Gasteiger partial charge in [-0.15, -0.1) is 0 Å². The van der Waals surface area contributed by atoms with E-state index in [4.69, 9.17) is 5.11 Å². The third kappa shape index (κ3) is 4.69. The molecule has 0 aliphatic rings. The Kier molecular flexibility index (Phi) is 4.97. The molecule has 82 valence electrons. The Hall–Kier alpha value is -1.26.